The van der Waals surface area contributed by atoms with Crippen molar-refractivity contribution in [2.75, 3.05) is 5.01 Å². The molecule has 1 aliphatic rings. The van der Waals surface area contributed by atoms with Crippen molar-refractivity contribution in [3.8, 4) is 11.3 Å². The van der Waals surface area contributed by atoms with Gasteiger partial charge in [0.25, 0.3) is 5.91 Å². The number of nitrogens with zero attached hydrogens (tertiary/aromatic N) is 3. The van der Waals surface area contributed by atoms with E-state index in [2.05, 4.69) is 32.7 Å². The summed E-state index contributed by atoms with van der Waals surface area (Å²) in [6.45, 7) is 3.91. The number of carbonyl (C=O) groups is 1. The average molecular weight is 411 g/mol. The van der Waals surface area contributed by atoms with Crippen molar-refractivity contribution >= 4 is 50.7 Å². The number of hydrogen-bond acceptors (Lipinski definition) is 4. The van der Waals surface area contributed by atoms with Crippen LogP contribution < -0.4 is 5.01 Å². The Morgan fingerprint density at radius 3 is 2.67 bits per heavy atom. The molecule has 0 unspecified atom stereocenters. The van der Waals surface area contributed by atoms with Crippen LogP contribution >= 0.6 is 33.9 Å². The van der Waals surface area contributed by atoms with Crippen LogP contribution in [0.4, 0.5) is 5.13 Å². The van der Waals surface area contributed by atoms with Gasteiger partial charge in [-0.2, -0.15) is 10.1 Å². The third-order valence-corrected chi connectivity index (χ3v) is 5.03. The number of anilines is 1. The van der Waals surface area contributed by atoms with Gasteiger partial charge in [0.2, 0.25) is 5.13 Å². The van der Waals surface area contributed by atoms with Gasteiger partial charge < -0.3 is 0 Å². The summed E-state index contributed by atoms with van der Waals surface area (Å²) in [5, 5.41) is 8.42. The fourth-order valence-electron chi connectivity index (χ4n) is 2.32. The van der Waals surface area contributed by atoms with Crippen molar-refractivity contribution in [3.05, 3.63) is 33.2 Å². The van der Waals surface area contributed by atoms with Gasteiger partial charge in [0.05, 0.1) is 11.6 Å². The summed E-state index contributed by atoms with van der Waals surface area (Å²) in [5.41, 5.74) is 2.80. The van der Waals surface area contributed by atoms with Crippen LogP contribution in [-0.2, 0) is 4.79 Å². The molecule has 21 heavy (non-hydrogen) atoms. The minimum absolute atomic E-state index is 0.0264. The molecule has 108 valence electrons. The molecule has 0 aliphatic carbocycles. The number of benzene rings is 1. The molecule has 0 fully saturated rings. The highest BCUT2D eigenvalue weighted by Gasteiger charge is 2.34. The maximum atomic E-state index is 12.3. The van der Waals surface area contributed by atoms with E-state index in [-0.39, 0.29) is 11.8 Å². The molecule has 1 aromatic heterocycles. The summed E-state index contributed by atoms with van der Waals surface area (Å²) in [6, 6.07) is 8.17. The lowest BCUT2D eigenvalue weighted by Gasteiger charge is -2.09. The van der Waals surface area contributed by atoms with Gasteiger partial charge in [-0.15, -0.1) is 11.3 Å². The van der Waals surface area contributed by atoms with Gasteiger partial charge in [0, 0.05) is 20.2 Å². The number of rotatable bonds is 3. The molecular weight excluding hydrogens is 397 g/mol. The molecule has 2 aromatic rings. The van der Waals surface area contributed by atoms with Gasteiger partial charge in [-0.25, -0.2) is 4.98 Å². The van der Waals surface area contributed by atoms with Gasteiger partial charge >= 0.3 is 0 Å². The minimum atomic E-state index is -0.101. The van der Waals surface area contributed by atoms with Crippen molar-refractivity contribution in [2.45, 2.75) is 20.3 Å². The van der Waals surface area contributed by atoms with E-state index in [4.69, 9.17) is 0 Å². The highest BCUT2D eigenvalue weighted by atomic mass is 127. The van der Waals surface area contributed by atoms with Gasteiger partial charge in [-0.1, -0.05) is 19.1 Å². The Bertz CT molecular complexity index is 708. The molecule has 4 nitrogen and oxygen atoms in total. The second-order valence-corrected chi connectivity index (χ2v) is 6.96. The van der Waals surface area contributed by atoms with Crippen LogP contribution in [0.5, 0.6) is 0 Å². The van der Waals surface area contributed by atoms with Crippen molar-refractivity contribution in [1.29, 1.82) is 0 Å². The Morgan fingerprint density at radius 1 is 1.33 bits per heavy atom. The molecule has 0 bridgehead atoms. The second-order valence-electron chi connectivity index (χ2n) is 4.87. The maximum absolute atomic E-state index is 12.3. The fraction of sp³-hybridized carbons (Fsp3) is 0.267. The maximum Gasteiger partial charge on any atom is 0.258 e. The van der Waals surface area contributed by atoms with E-state index < -0.39 is 0 Å². The van der Waals surface area contributed by atoms with Crippen LogP contribution in [0, 0.1) is 9.49 Å². The molecule has 1 aliphatic heterocycles. The number of carbonyl (C=O) groups excluding carboxylic acids is 1. The SMILES string of the molecule is CC[C@@H]1C(=O)N(c2nc(-c3ccc(I)cc3)cs2)N=C1C. The first-order valence-electron chi connectivity index (χ1n) is 6.70. The van der Waals surface area contributed by atoms with E-state index in [1.54, 1.807) is 0 Å². The van der Waals surface area contributed by atoms with Crippen LogP contribution in [0.2, 0.25) is 0 Å². The van der Waals surface area contributed by atoms with E-state index in [9.17, 15) is 4.79 Å². The van der Waals surface area contributed by atoms with E-state index in [0.29, 0.717) is 5.13 Å². The van der Waals surface area contributed by atoms with Crippen molar-refractivity contribution in [2.24, 2.45) is 11.0 Å². The molecule has 0 spiro atoms. The van der Waals surface area contributed by atoms with Crippen LogP contribution in [0.1, 0.15) is 20.3 Å². The van der Waals surface area contributed by atoms with Gasteiger partial charge in [-0.3, -0.25) is 4.79 Å². The highest BCUT2D eigenvalue weighted by molar-refractivity contribution is 14.1. The van der Waals surface area contributed by atoms with Gasteiger partial charge in [0.15, 0.2) is 0 Å². The molecule has 0 saturated carbocycles. The van der Waals surface area contributed by atoms with E-state index in [1.165, 1.54) is 19.9 Å². The fourth-order valence-corrected chi connectivity index (χ4v) is 3.47. The topological polar surface area (TPSA) is 45.6 Å². The summed E-state index contributed by atoms with van der Waals surface area (Å²) in [7, 11) is 0. The Hall–Kier alpha value is -1.28. The standard InChI is InChI=1S/C15H14IN3OS/c1-3-12-9(2)18-19(14(12)20)15-17-13(8-21-15)10-4-6-11(16)7-5-10/h4-8,12H,3H2,1-2H3/t12-/m0/s1. The summed E-state index contributed by atoms with van der Waals surface area (Å²) < 4.78 is 1.19. The first-order valence-corrected chi connectivity index (χ1v) is 8.66. The summed E-state index contributed by atoms with van der Waals surface area (Å²) in [5.74, 6) is -0.0748. The monoisotopic (exact) mass is 411 g/mol. The lowest BCUT2D eigenvalue weighted by molar-refractivity contribution is -0.119. The van der Waals surface area contributed by atoms with E-state index >= 15 is 0 Å². The van der Waals surface area contributed by atoms with Gasteiger partial charge in [0.1, 0.15) is 0 Å². The van der Waals surface area contributed by atoms with Crippen molar-refractivity contribution in [1.82, 2.24) is 4.98 Å². The third kappa shape index (κ3) is 2.74. The zero-order valence-corrected chi connectivity index (χ0v) is 14.7. The van der Waals surface area contributed by atoms with Crippen LogP contribution in [0.15, 0.2) is 34.7 Å². The van der Waals surface area contributed by atoms with Crippen LogP contribution in [0.25, 0.3) is 11.3 Å². The number of aromatic nitrogens is 1. The van der Waals surface area contributed by atoms with Crippen molar-refractivity contribution < 1.29 is 4.79 Å². The third-order valence-electron chi connectivity index (χ3n) is 3.49. The molecule has 0 N–H and O–H groups in total. The number of thiazole rings is 1. The molecule has 1 aromatic carbocycles. The number of halogens is 1. The quantitative estimate of drug-likeness (QED) is 0.712. The first-order chi connectivity index (χ1) is 10.1. The Morgan fingerprint density at radius 2 is 2.05 bits per heavy atom. The Balaban J connectivity index is 1.89. The lowest BCUT2D eigenvalue weighted by Crippen LogP contribution is -2.26. The molecular formula is C15H14IN3OS. The normalized spacial score (nSPS) is 18.2. The smallest absolute Gasteiger partial charge is 0.258 e. The molecule has 6 heteroatoms. The zero-order chi connectivity index (χ0) is 15.0. The number of hydrogen-bond donors (Lipinski definition) is 0. The van der Waals surface area contributed by atoms with Crippen LogP contribution in [-0.4, -0.2) is 16.6 Å². The zero-order valence-electron chi connectivity index (χ0n) is 11.7. The molecule has 1 amide bonds. The lowest BCUT2D eigenvalue weighted by atomic mass is 10.0. The largest absolute Gasteiger partial charge is 0.272 e. The molecule has 3 rings (SSSR count). The van der Waals surface area contributed by atoms with Crippen molar-refractivity contribution in [3.63, 3.8) is 0 Å². The second kappa shape index (κ2) is 5.84. The van der Waals surface area contributed by atoms with Gasteiger partial charge in [-0.05, 0) is 48.1 Å². The predicted octanol–water partition coefficient (Wildman–Crippen LogP) is 4.16. The minimum Gasteiger partial charge on any atom is -0.272 e. The summed E-state index contributed by atoms with van der Waals surface area (Å²) in [4.78, 5) is 16.9. The number of hydrazone groups is 1. The highest BCUT2D eigenvalue weighted by Crippen LogP contribution is 2.31. The molecule has 2 heterocycles. The molecule has 0 saturated heterocycles. The van der Waals surface area contributed by atoms with E-state index in [0.717, 1.165) is 23.4 Å². The first kappa shape index (κ1) is 14.6. The predicted molar refractivity (Wildman–Crippen MR) is 94.6 cm³/mol. The Labute approximate surface area is 141 Å². The summed E-state index contributed by atoms with van der Waals surface area (Å²) >= 11 is 3.72. The van der Waals surface area contributed by atoms with E-state index in [1.807, 2.05) is 43.5 Å². The molecule has 1 atom stereocenters. The molecule has 0 radical (unpaired) electrons. The number of amides is 1. The summed E-state index contributed by atoms with van der Waals surface area (Å²) in [6.07, 6.45) is 0.778. The Kier molecular flexibility index (Phi) is 4.08. The van der Waals surface area contributed by atoms with Crippen LogP contribution in [0.3, 0.4) is 0 Å². The average Bonchev–Trinajstić information content (AvgIpc) is 3.05.